The summed E-state index contributed by atoms with van der Waals surface area (Å²) in [7, 11) is 2.15. The van der Waals surface area contributed by atoms with Gasteiger partial charge in [0.1, 0.15) is 5.82 Å². The summed E-state index contributed by atoms with van der Waals surface area (Å²) in [5.74, 6) is -0.208. The van der Waals surface area contributed by atoms with Crippen LogP contribution in [0, 0.1) is 12.7 Å². The zero-order valence-electron chi connectivity index (χ0n) is 12.6. The molecular formula is C17H26FNO. The Morgan fingerprint density at radius 1 is 1.30 bits per heavy atom. The molecule has 1 atom stereocenters. The van der Waals surface area contributed by atoms with Gasteiger partial charge in [0.05, 0.1) is 6.10 Å². The SMILES string of the molecule is Cc1cc(C(O)CCN(C)C2CCCCC2)ccc1F. The largest absolute Gasteiger partial charge is 0.388 e. The van der Waals surface area contributed by atoms with Gasteiger partial charge in [-0.05, 0) is 50.4 Å². The van der Waals surface area contributed by atoms with Gasteiger partial charge in [-0.1, -0.05) is 31.4 Å². The van der Waals surface area contributed by atoms with E-state index in [-0.39, 0.29) is 5.82 Å². The van der Waals surface area contributed by atoms with Gasteiger partial charge in [0, 0.05) is 12.6 Å². The second kappa shape index (κ2) is 7.19. The van der Waals surface area contributed by atoms with Crippen LogP contribution in [-0.4, -0.2) is 29.6 Å². The number of aliphatic hydroxyl groups excluding tert-OH is 1. The molecule has 1 saturated carbocycles. The van der Waals surface area contributed by atoms with E-state index in [1.807, 2.05) is 0 Å². The molecule has 20 heavy (non-hydrogen) atoms. The molecule has 1 aliphatic carbocycles. The molecule has 112 valence electrons. The standard InChI is InChI=1S/C17H26FNO/c1-13-12-14(8-9-16(13)18)17(20)10-11-19(2)15-6-4-3-5-7-15/h8-9,12,15,17,20H,3-7,10-11H2,1-2H3. The van der Waals surface area contributed by atoms with Crippen molar-refractivity contribution in [2.45, 2.75) is 57.6 Å². The van der Waals surface area contributed by atoms with Gasteiger partial charge in [-0.15, -0.1) is 0 Å². The molecule has 1 N–H and O–H groups in total. The maximum Gasteiger partial charge on any atom is 0.126 e. The molecule has 3 heteroatoms. The molecule has 0 bridgehead atoms. The zero-order valence-corrected chi connectivity index (χ0v) is 12.6. The van der Waals surface area contributed by atoms with E-state index >= 15 is 0 Å². The van der Waals surface area contributed by atoms with E-state index in [0.29, 0.717) is 18.0 Å². The van der Waals surface area contributed by atoms with Gasteiger partial charge in [0.25, 0.3) is 0 Å². The molecule has 0 spiro atoms. The molecule has 1 aliphatic rings. The maximum absolute atomic E-state index is 13.2. The van der Waals surface area contributed by atoms with E-state index in [1.54, 1.807) is 19.1 Å². The topological polar surface area (TPSA) is 23.5 Å². The minimum Gasteiger partial charge on any atom is -0.388 e. The summed E-state index contributed by atoms with van der Waals surface area (Å²) in [4.78, 5) is 2.37. The fraction of sp³-hybridized carbons (Fsp3) is 0.647. The smallest absolute Gasteiger partial charge is 0.126 e. The summed E-state index contributed by atoms with van der Waals surface area (Å²) < 4.78 is 13.2. The fourth-order valence-electron chi connectivity index (χ4n) is 3.07. The molecule has 1 unspecified atom stereocenters. The van der Waals surface area contributed by atoms with E-state index in [0.717, 1.165) is 12.1 Å². The zero-order chi connectivity index (χ0) is 14.5. The molecular weight excluding hydrogens is 253 g/mol. The van der Waals surface area contributed by atoms with E-state index in [4.69, 9.17) is 0 Å². The van der Waals surface area contributed by atoms with Crippen LogP contribution in [0.5, 0.6) is 0 Å². The molecule has 0 amide bonds. The van der Waals surface area contributed by atoms with Crippen molar-refractivity contribution in [3.8, 4) is 0 Å². The van der Waals surface area contributed by atoms with Crippen molar-refractivity contribution >= 4 is 0 Å². The van der Waals surface area contributed by atoms with Crippen molar-refractivity contribution in [3.63, 3.8) is 0 Å². The van der Waals surface area contributed by atoms with Crippen molar-refractivity contribution in [2.75, 3.05) is 13.6 Å². The highest BCUT2D eigenvalue weighted by atomic mass is 19.1. The van der Waals surface area contributed by atoms with Crippen LogP contribution < -0.4 is 0 Å². The first-order valence-corrected chi connectivity index (χ1v) is 7.72. The second-order valence-corrected chi connectivity index (χ2v) is 6.09. The highest BCUT2D eigenvalue weighted by Gasteiger charge is 2.19. The van der Waals surface area contributed by atoms with Gasteiger partial charge in [-0.2, -0.15) is 0 Å². The van der Waals surface area contributed by atoms with Crippen molar-refractivity contribution in [1.82, 2.24) is 4.90 Å². The highest BCUT2D eigenvalue weighted by Crippen LogP contribution is 2.24. The lowest BCUT2D eigenvalue weighted by molar-refractivity contribution is 0.125. The van der Waals surface area contributed by atoms with Crippen molar-refractivity contribution < 1.29 is 9.50 Å². The van der Waals surface area contributed by atoms with Crippen LogP contribution in [0.25, 0.3) is 0 Å². The lowest BCUT2D eigenvalue weighted by Gasteiger charge is -2.31. The Hall–Kier alpha value is -0.930. The van der Waals surface area contributed by atoms with Gasteiger partial charge in [0.15, 0.2) is 0 Å². The maximum atomic E-state index is 13.2. The first-order valence-electron chi connectivity index (χ1n) is 7.72. The number of rotatable bonds is 5. The van der Waals surface area contributed by atoms with Crippen LogP contribution >= 0.6 is 0 Å². The number of hydrogen-bond donors (Lipinski definition) is 1. The first kappa shape index (κ1) is 15.5. The molecule has 0 aliphatic heterocycles. The van der Waals surface area contributed by atoms with Gasteiger partial charge in [-0.3, -0.25) is 0 Å². The van der Waals surface area contributed by atoms with Gasteiger partial charge < -0.3 is 10.0 Å². The lowest BCUT2D eigenvalue weighted by atomic mass is 9.94. The van der Waals surface area contributed by atoms with E-state index in [9.17, 15) is 9.50 Å². The van der Waals surface area contributed by atoms with Crippen LogP contribution in [0.4, 0.5) is 4.39 Å². The summed E-state index contributed by atoms with van der Waals surface area (Å²) >= 11 is 0. The molecule has 0 saturated heterocycles. The number of aliphatic hydroxyl groups is 1. The van der Waals surface area contributed by atoms with Crippen LogP contribution in [0.3, 0.4) is 0 Å². The quantitative estimate of drug-likeness (QED) is 0.885. The molecule has 1 aromatic rings. The minimum absolute atomic E-state index is 0.208. The van der Waals surface area contributed by atoms with E-state index in [2.05, 4.69) is 11.9 Å². The van der Waals surface area contributed by atoms with Gasteiger partial charge >= 0.3 is 0 Å². The summed E-state index contributed by atoms with van der Waals surface area (Å²) in [5.41, 5.74) is 1.42. The van der Waals surface area contributed by atoms with Gasteiger partial charge in [0.2, 0.25) is 0 Å². The third kappa shape index (κ3) is 4.03. The summed E-state index contributed by atoms with van der Waals surface area (Å²) in [6.45, 7) is 2.63. The Morgan fingerprint density at radius 2 is 2.00 bits per heavy atom. The number of nitrogens with zero attached hydrogens (tertiary/aromatic N) is 1. The Kier molecular flexibility index (Phi) is 5.55. The van der Waals surface area contributed by atoms with Crippen molar-refractivity contribution in [1.29, 1.82) is 0 Å². The molecule has 1 aromatic carbocycles. The summed E-state index contributed by atoms with van der Waals surface area (Å²) in [6, 6.07) is 5.55. The summed E-state index contributed by atoms with van der Waals surface area (Å²) in [5, 5.41) is 10.2. The van der Waals surface area contributed by atoms with E-state index < -0.39 is 6.10 Å². The third-order valence-corrected chi connectivity index (χ3v) is 4.52. The minimum atomic E-state index is -0.500. The Balaban J connectivity index is 1.84. The van der Waals surface area contributed by atoms with Crippen LogP contribution in [0.2, 0.25) is 0 Å². The molecule has 2 nitrogen and oxygen atoms in total. The molecule has 0 radical (unpaired) electrons. The predicted molar refractivity (Wildman–Crippen MR) is 80.2 cm³/mol. The fourth-order valence-corrected chi connectivity index (χ4v) is 3.07. The van der Waals surface area contributed by atoms with Crippen LogP contribution in [0.15, 0.2) is 18.2 Å². The highest BCUT2D eigenvalue weighted by molar-refractivity contribution is 5.25. The molecule has 0 heterocycles. The molecule has 0 aromatic heterocycles. The third-order valence-electron chi connectivity index (χ3n) is 4.52. The molecule has 2 rings (SSSR count). The summed E-state index contributed by atoms with van der Waals surface area (Å²) in [6.07, 6.45) is 6.79. The van der Waals surface area contributed by atoms with E-state index in [1.165, 1.54) is 38.2 Å². The van der Waals surface area contributed by atoms with Gasteiger partial charge in [-0.25, -0.2) is 4.39 Å². The predicted octanol–water partition coefficient (Wildman–Crippen LogP) is 3.82. The lowest BCUT2D eigenvalue weighted by Crippen LogP contribution is -2.34. The number of hydrogen-bond acceptors (Lipinski definition) is 2. The van der Waals surface area contributed by atoms with Crippen LogP contribution in [-0.2, 0) is 0 Å². The number of benzene rings is 1. The Bertz CT molecular complexity index is 429. The van der Waals surface area contributed by atoms with Crippen LogP contribution in [0.1, 0.15) is 55.8 Å². The second-order valence-electron chi connectivity index (χ2n) is 6.09. The monoisotopic (exact) mass is 279 g/mol. The average molecular weight is 279 g/mol. The first-order chi connectivity index (χ1) is 9.58. The Labute approximate surface area is 121 Å². The van der Waals surface area contributed by atoms with Crippen molar-refractivity contribution in [2.24, 2.45) is 0 Å². The molecule has 1 fully saturated rings. The number of aryl methyl sites for hydroxylation is 1. The average Bonchev–Trinajstić information content (AvgIpc) is 2.48. The number of halogens is 1. The normalized spacial score (nSPS) is 18.4. The Morgan fingerprint density at radius 3 is 2.65 bits per heavy atom. The van der Waals surface area contributed by atoms with Crippen molar-refractivity contribution in [3.05, 3.63) is 35.1 Å².